The third-order valence-corrected chi connectivity index (χ3v) is 4.62. The van der Waals surface area contributed by atoms with E-state index in [9.17, 15) is 0 Å². The van der Waals surface area contributed by atoms with Gasteiger partial charge in [0.15, 0.2) is 0 Å². The molecular formula is C19H24N2O. The monoisotopic (exact) mass is 296 g/mol. The Labute approximate surface area is 132 Å². The molecule has 2 aromatic rings. The van der Waals surface area contributed by atoms with Crippen LogP contribution < -0.4 is 4.74 Å². The van der Waals surface area contributed by atoms with Gasteiger partial charge >= 0.3 is 0 Å². The summed E-state index contributed by atoms with van der Waals surface area (Å²) in [6, 6.07) is 13.5. The fourth-order valence-electron chi connectivity index (χ4n) is 3.35. The van der Waals surface area contributed by atoms with Crippen molar-refractivity contribution in [1.82, 2.24) is 5.01 Å². The number of fused-ring (bicyclic) bond motifs is 1. The van der Waals surface area contributed by atoms with Gasteiger partial charge in [0.2, 0.25) is 0 Å². The van der Waals surface area contributed by atoms with Gasteiger partial charge in [0, 0.05) is 17.6 Å². The lowest BCUT2D eigenvalue weighted by atomic mass is 10.00. The van der Waals surface area contributed by atoms with Gasteiger partial charge in [0.1, 0.15) is 5.75 Å². The molecule has 3 rings (SSSR count). The summed E-state index contributed by atoms with van der Waals surface area (Å²) in [7, 11) is 1.72. The maximum Gasteiger partial charge on any atom is 0.128 e. The van der Waals surface area contributed by atoms with Gasteiger partial charge < -0.3 is 4.74 Å². The normalized spacial score (nSPS) is 22.4. The lowest BCUT2D eigenvalue weighted by Crippen LogP contribution is -2.39. The van der Waals surface area contributed by atoms with Gasteiger partial charge in [-0.05, 0) is 49.9 Å². The molecule has 2 atom stereocenters. The van der Waals surface area contributed by atoms with Gasteiger partial charge in [-0.1, -0.05) is 30.3 Å². The molecule has 0 aromatic heterocycles. The highest BCUT2D eigenvalue weighted by Gasteiger charge is 2.22. The molecule has 116 valence electrons. The number of benzene rings is 2. The third kappa shape index (κ3) is 2.80. The molecule has 1 aliphatic rings. The van der Waals surface area contributed by atoms with Crippen LogP contribution >= 0.6 is 0 Å². The maximum absolute atomic E-state index is 5.54. The first-order valence-corrected chi connectivity index (χ1v) is 8.08. The van der Waals surface area contributed by atoms with Crippen LogP contribution in [-0.4, -0.2) is 30.4 Å². The maximum atomic E-state index is 5.54. The van der Waals surface area contributed by atoms with E-state index in [1.54, 1.807) is 7.11 Å². The van der Waals surface area contributed by atoms with Crippen LogP contribution in [0.1, 0.15) is 38.7 Å². The second-order valence-corrected chi connectivity index (χ2v) is 6.16. The molecule has 1 heterocycles. The zero-order valence-corrected chi connectivity index (χ0v) is 13.6. The first-order chi connectivity index (χ1) is 10.7. The van der Waals surface area contributed by atoms with Gasteiger partial charge in [0.25, 0.3) is 0 Å². The van der Waals surface area contributed by atoms with Crippen molar-refractivity contribution in [3.8, 4) is 5.75 Å². The lowest BCUT2D eigenvalue weighted by molar-refractivity contribution is 0.109. The van der Waals surface area contributed by atoms with Crippen LogP contribution in [0.2, 0.25) is 0 Å². The van der Waals surface area contributed by atoms with E-state index in [2.05, 4.69) is 49.2 Å². The predicted octanol–water partition coefficient (Wildman–Crippen LogP) is 4.45. The average molecular weight is 296 g/mol. The zero-order chi connectivity index (χ0) is 15.5. The third-order valence-electron chi connectivity index (χ3n) is 4.62. The Morgan fingerprint density at radius 2 is 1.82 bits per heavy atom. The van der Waals surface area contributed by atoms with Crippen molar-refractivity contribution in [3.05, 3.63) is 42.0 Å². The molecule has 3 heteroatoms. The van der Waals surface area contributed by atoms with Crippen LogP contribution in [0, 0.1) is 0 Å². The van der Waals surface area contributed by atoms with Crippen LogP contribution in [0.4, 0.5) is 0 Å². The van der Waals surface area contributed by atoms with Crippen LogP contribution in [0.3, 0.4) is 0 Å². The van der Waals surface area contributed by atoms with Crippen LogP contribution in [0.25, 0.3) is 10.8 Å². The van der Waals surface area contributed by atoms with E-state index in [1.807, 2.05) is 12.3 Å². The summed E-state index contributed by atoms with van der Waals surface area (Å²) in [5.41, 5.74) is 1.06. The van der Waals surface area contributed by atoms with E-state index in [-0.39, 0.29) is 0 Å². The highest BCUT2D eigenvalue weighted by molar-refractivity contribution is 6.02. The van der Waals surface area contributed by atoms with Crippen LogP contribution in [0.5, 0.6) is 5.75 Å². The zero-order valence-electron chi connectivity index (χ0n) is 13.6. The highest BCUT2D eigenvalue weighted by atomic mass is 16.5. The molecule has 2 aromatic carbocycles. The molecule has 2 unspecified atom stereocenters. The van der Waals surface area contributed by atoms with Gasteiger partial charge in [-0.3, -0.25) is 5.01 Å². The van der Waals surface area contributed by atoms with Gasteiger partial charge in [-0.2, -0.15) is 5.10 Å². The van der Waals surface area contributed by atoms with Gasteiger partial charge in [-0.25, -0.2) is 0 Å². The quantitative estimate of drug-likeness (QED) is 0.782. The first-order valence-electron chi connectivity index (χ1n) is 8.08. The van der Waals surface area contributed by atoms with E-state index in [4.69, 9.17) is 9.84 Å². The number of hydrogen-bond donors (Lipinski definition) is 0. The largest absolute Gasteiger partial charge is 0.496 e. The summed E-state index contributed by atoms with van der Waals surface area (Å²) in [6.07, 6.45) is 5.70. The number of hydrogen-bond acceptors (Lipinski definition) is 3. The molecule has 0 N–H and O–H groups in total. The van der Waals surface area contributed by atoms with Crippen molar-refractivity contribution < 1.29 is 4.74 Å². The SMILES string of the molecule is COc1ccc2ccccc2c1C=NN1C(C)CCCC1C. The molecule has 1 fully saturated rings. The average Bonchev–Trinajstić information content (AvgIpc) is 2.54. The molecule has 22 heavy (non-hydrogen) atoms. The van der Waals surface area contributed by atoms with Crippen molar-refractivity contribution >= 4 is 17.0 Å². The lowest BCUT2D eigenvalue weighted by Gasteiger charge is -2.36. The summed E-state index contributed by atoms with van der Waals surface area (Å²) in [5, 5.41) is 9.44. The van der Waals surface area contributed by atoms with E-state index >= 15 is 0 Å². The molecule has 0 saturated carbocycles. The van der Waals surface area contributed by atoms with Crippen molar-refractivity contribution in [2.75, 3.05) is 7.11 Å². The van der Waals surface area contributed by atoms with Crippen molar-refractivity contribution in [2.45, 2.75) is 45.2 Å². The fourth-order valence-corrected chi connectivity index (χ4v) is 3.35. The number of nitrogens with zero attached hydrogens (tertiary/aromatic N) is 2. The smallest absolute Gasteiger partial charge is 0.128 e. The molecule has 0 spiro atoms. The Morgan fingerprint density at radius 1 is 1.09 bits per heavy atom. The summed E-state index contributed by atoms with van der Waals surface area (Å²) in [5.74, 6) is 0.875. The Kier molecular flexibility index (Phi) is 4.32. The van der Waals surface area contributed by atoms with E-state index < -0.39 is 0 Å². The summed E-state index contributed by atoms with van der Waals surface area (Å²) < 4.78 is 5.54. The Hall–Kier alpha value is -2.03. The first kappa shape index (κ1) is 14.9. The Balaban J connectivity index is 2.00. The van der Waals surface area contributed by atoms with Crippen LogP contribution in [-0.2, 0) is 0 Å². The minimum absolute atomic E-state index is 0.501. The molecule has 1 aliphatic heterocycles. The van der Waals surface area contributed by atoms with Crippen molar-refractivity contribution in [3.63, 3.8) is 0 Å². The number of methoxy groups -OCH3 is 1. The topological polar surface area (TPSA) is 24.8 Å². The van der Waals surface area contributed by atoms with E-state index in [0.29, 0.717) is 12.1 Å². The van der Waals surface area contributed by atoms with Crippen molar-refractivity contribution in [2.24, 2.45) is 5.10 Å². The van der Waals surface area contributed by atoms with E-state index in [0.717, 1.165) is 11.3 Å². The van der Waals surface area contributed by atoms with E-state index in [1.165, 1.54) is 30.0 Å². The van der Waals surface area contributed by atoms with Crippen LogP contribution in [0.15, 0.2) is 41.5 Å². The highest BCUT2D eigenvalue weighted by Crippen LogP contribution is 2.27. The predicted molar refractivity (Wildman–Crippen MR) is 92.7 cm³/mol. The minimum atomic E-state index is 0.501. The second-order valence-electron chi connectivity index (χ2n) is 6.16. The number of ether oxygens (including phenoxy) is 1. The summed E-state index contributed by atoms with van der Waals surface area (Å²) in [6.45, 7) is 4.51. The Bertz CT molecular complexity index is 670. The number of hydrazone groups is 1. The standard InChI is InChI=1S/C19H24N2O/c1-14-7-6-8-15(2)21(14)20-13-18-17-10-5-4-9-16(17)11-12-19(18)22-3/h4-5,9-15H,6-8H2,1-3H3. The number of rotatable bonds is 3. The molecule has 1 saturated heterocycles. The minimum Gasteiger partial charge on any atom is -0.496 e. The van der Waals surface area contributed by atoms with Gasteiger partial charge in [0.05, 0.1) is 13.3 Å². The molecule has 0 bridgehead atoms. The molecular weight excluding hydrogens is 272 g/mol. The molecule has 0 amide bonds. The molecule has 3 nitrogen and oxygen atoms in total. The Morgan fingerprint density at radius 3 is 2.55 bits per heavy atom. The fraction of sp³-hybridized carbons (Fsp3) is 0.421. The molecule has 0 radical (unpaired) electrons. The summed E-state index contributed by atoms with van der Waals surface area (Å²) in [4.78, 5) is 0. The van der Waals surface area contributed by atoms with Gasteiger partial charge in [-0.15, -0.1) is 0 Å². The number of piperidine rings is 1. The summed E-state index contributed by atoms with van der Waals surface area (Å²) >= 11 is 0. The second kappa shape index (κ2) is 6.39. The van der Waals surface area contributed by atoms with Crippen molar-refractivity contribution in [1.29, 1.82) is 0 Å². The molecule has 0 aliphatic carbocycles.